The Balaban J connectivity index is 3.26. The summed E-state index contributed by atoms with van der Waals surface area (Å²) in [6.07, 6.45) is 15.4. The summed E-state index contributed by atoms with van der Waals surface area (Å²) in [5.41, 5.74) is -0.454. The second-order valence-electron chi connectivity index (χ2n) is 6.41. The fourth-order valence-electron chi connectivity index (χ4n) is 2.50. The third-order valence-electron chi connectivity index (χ3n) is 3.75. The van der Waals surface area contributed by atoms with E-state index in [-0.39, 0.29) is 0 Å². The van der Waals surface area contributed by atoms with Gasteiger partial charge in [0.25, 0.3) is 0 Å². The van der Waals surface area contributed by atoms with E-state index in [1.807, 2.05) is 13.8 Å². The van der Waals surface area contributed by atoms with Gasteiger partial charge in [0.2, 0.25) is 0 Å². The maximum Gasteiger partial charge on any atom is 0.317 e. The van der Waals surface area contributed by atoms with E-state index in [9.17, 15) is 4.57 Å². The van der Waals surface area contributed by atoms with Crippen LogP contribution in [0.5, 0.6) is 0 Å². The molecule has 122 valence electrons. The Labute approximate surface area is 126 Å². The van der Waals surface area contributed by atoms with Crippen molar-refractivity contribution in [1.82, 2.24) is 0 Å². The van der Waals surface area contributed by atoms with Crippen LogP contribution in [0.2, 0.25) is 0 Å². The van der Waals surface area contributed by atoms with E-state index < -0.39 is 13.9 Å². The van der Waals surface area contributed by atoms with Gasteiger partial charge in [-0.15, -0.1) is 0 Å². The molecule has 0 aromatic rings. The molecule has 0 bridgehead atoms. The van der Waals surface area contributed by atoms with Gasteiger partial charge >= 0.3 is 8.25 Å². The molecular formula is C16H35O3P. The lowest BCUT2D eigenvalue weighted by molar-refractivity contribution is 0.0910. The minimum absolute atomic E-state index is 0.454. The van der Waals surface area contributed by atoms with E-state index in [1.54, 1.807) is 0 Å². The lowest BCUT2D eigenvalue weighted by Gasteiger charge is -2.23. The molecule has 1 N–H and O–H groups in total. The summed E-state index contributed by atoms with van der Waals surface area (Å²) < 4.78 is 15.7. The molecule has 1 atom stereocenters. The molecule has 0 fully saturated rings. The van der Waals surface area contributed by atoms with Gasteiger partial charge in [0.15, 0.2) is 0 Å². The first kappa shape index (κ1) is 20.1. The minimum Gasteiger partial charge on any atom is -0.326 e. The van der Waals surface area contributed by atoms with Crippen molar-refractivity contribution in [2.45, 2.75) is 103 Å². The third-order valence-corrected chi connectivity index (χ3v) is 4.47. The molecule has 0 spiro atoms. The van der Waals surface area contributed by atoms with E-state index in [1.165, 1.54) is 64.2 Å². The van der Waals surface area contributed by atoms with Crippen molar-refractivity contribution in [3.8, 4) is 0 Å². The Morgan fingerprint density at radius 3 is 1.65 bits per heavy atom. The summed E-state index contributed by atoms with van der Waals surface area (Å²) in [7, 11) is -2.81. The minimum atomic E-state index is -2.81. The van der Waals surface area contributed by atoms with Gasteiger partial charge in [-0.1, -0.05) is 77.6 Å². The van der Waals surface area contributed by atoms with Crippen molar-refractivity contribution in [3.05, 3.63) is 0 Å². The summed E-state index contributed by atoms with van der Waals surface area (Å²) >= 11 is 0. The van der Waals surface area contributed by atoms with Crippen molar-refractivity contribution in [1.29, 1.82) is 0 Å². The van der Waals surface area contributed by atoms with Crippen molar-refractivity contribution >= 4 is 8.25 Å². The van der Waals surface area contributed by atoms with Crippen molar-refractivity contribution in [2.24, 2.45) is 0 Å². The maximum atomic E-state index is 10.7. The van der Waals surface area contributed by atoms with E-state index in [2.05, 4.69) is 6.92 Å². The van der Waals surface area contributed by atoms with Crippen LogP contribution in [0.4, 0.5) is 0 Å². The highest BCUT2D eigenvalue weighted by molar-refractivity contribution is 7.32. The zero-order chi connectivity index (χ0) is 15.3. The van der Waals surface area contributed by atoms with E-state index >= 15 is 0 Å². The molecule has 0 amide bonds. The van der Waals surface area contributed by atoms with Gasteiger partial charge in [-0.3, -0.25) is 4.57 Å². The molecule has 0 heterocycles. The van der Waals surface area contributed by atoms with E-state index in [0.717, 1.165) is 12.8 Å². The fraction of sp³-hybridized carbons (Fsp3) is 1.00. The zero-order valence-electron chi connectivity index (χ0n) is 13.7. The number of hydrogen-bond donors (Lipinski definition) is 1. The Bertz CT molecular complexity index is 242. The van der Waals surface area contributed by atoms with Crippen LogP contribution >= 0.6 is 8.25 Å². The molecule has 0 aliphatic carbocycles. The van der Waals surface area contributed by atoms with Crippen molar-refractivity contribution < 1.29 is 14.0 Å². The van der Waals surface area contributed by atoms with Gasteiger partial charge in [0.05, 0.1) is 5.60 Å². The lowest BCUT2D eigenvalue weighted by atomic mass is 9.99. The quantitative estimate of drug-likeness (QED) is 0.323. The normalized spacial score (nSPS) is 13.6. The molecule has 0 saturated carbocycles. The first-order valence-electron chi connectivity index (χ1n) is 8.40. The van der Waals surface area contributed by atoms with Crippen LogP contribution in [0, 0.1) is 0 Å². The average Bonchev–Trinajstić information content (AvgIpc) is 2.34. The van der Waals surface area contributed by atoms with E-state index in [0.29, 0.717) is 0 Å². The molecular weight excluding hydrogens is 271 g/mol. The SMILES string of the molecule is CCCCCCCCCCCCCC(C)(C)O[PH](=O)O. The Morgan fingerprint density at radius 1 is 0.850 bits per heavy atom. The van der Waals surface area contributed by atoms with Gasteiger partial charge in [0, 0.05) is 0 Å². The largest absolute Gasteiger partial charge is 0.326 e. The van der Waals surface area contributed by atoms with Crippen LogP contribution in [0.3, 0.4) is 0 Å². The zero-order valence-corrected chi connectivity index (χ0v) is 14.7. The lowest BCUT2D eigenvalue weighted by Crippen LogP contribution is -2.20. The highest BCUT2D eigenvalue weighted by atomic mass is 31.1. The van der Waals surface area contributed by atoms with Crippen LogP contribution < -0.4 is 0 Å². The Morgan fingerprint density at radius 2 is 1.25 bits per heavy atom. The van der Waals surface area contributed by atoms with E-state index in [4.69, 9.17) is 9.42 Å². The van der Waals surface area contributed by atoms with Crippen LogP contribution in [-0.2, 0) is 9.09 Å². The predicted molar refractivity (Wildman–Crippen MR) is 87.5 cm³/mol. The second kappa shape index (κ2) is 12.9. The third kappa shape index (κ3) is 14.6. The molecule has 0 aliphatic rings. The Hall–Kier alpha value is 0.150. The maximum absolute atomic E-state index is 10.7. The molecule has 0 radical (unpaired) electrons. The highest BCUT2D eigenvalue weighted by Gasteiger charge is 2.19. The number of hydrogen-bond acceptors (Lipinski definition) is 2. The molecule has 1 unspecified atom stereocenters. The topological polar surface area (TPSA) is 46.5 Å². The van der Waals surface area contributed by atoms with Crippen LogP contribution in [0.1, 0.15) is 97.8 Å². The van der Waals surface area contributed by atoms with Crippen LogP contribution in [0.25, 0.3) is 0 Å². The average molecular weight is 306 g/mol. The van der Waals surface area contributed by atoms with Crippen molar-refractivity contribution in [3.63, 3.8) is 0 Å². The van der Waals surface area contributed by atoms with Crippen molar-refractivity contribution in [2.75, 3.05) is 0 Å². The highest BCUT2D eigenvalue weighted by Crippen LogP contribution is 2.29. The summed E-state index contributed by atoms with van der Waals surface area (Å²) in [4.78, 5) is 8.79. The van der Waals surface area contributed by atoms with Gasteiger partial charge in [0.1, 0.15) is 0 Å². The second-order valence-corrected chi connectivity index (χ2v) is 7.15. The van der Waals surface area contributed by atoms with Gasteiger partial charge < -0.3 is 9.42 Å². The summed E-state index contributed by atoms with van der Waals surface area (Å²) in [6, 6.07) is 0. The summed E-state index contributed by atoms with van der Waals surface area (Å²) in [5.74, 6) is 0. The van der Waals surface area contributed by atoms with Gasteiger partial charge in [-0.2, -0.15) is 0 Å². The fourth-order valence-corrected chi connectivity index (χ4v) is 3.08. The van der Waals surface area contributed by atoms with Gasteiger partial charge in [-0.25, -0.2) is 0 Å². The molecule has 0 rings (SSSR count). The summed E-state index contributed by atoms with van der Waals surface area (Å²) in [5, 5.41) is 0. The van der Waals surface area contributed by atoms with Crippen LogP contribution in [-0.4, -0.2) is 10.5 Å². The number of unbranched alkanes of at least 4 members (excludes halogenated alkanes) is 10. The smallest absolute Gasteiger partial charge is 0.317 e. The number of rotatable bonds is 14. The first-order chi connectivity index (χ1) is 9.48. The molecule has 20 heavy (non-hydrogen) atoms. The standard InChI is InChI=1S/C16H35O3P/c1-4-5-6-7-8-9-10-11-12-13-14-15-16(2,3)19-20(17)18/h20H,4-15H2,1-3H3,(H,17,18). The first-order valence-corrected chi connectivity index (χ1v) is 9.66. The molecule has 3 nitrogen and oxygen atoms in total. The molecule has 4 heteroatoms. The van der Waals surface area contributed by atoms with Gasteiger partial charge in [-0.05, 0) is 20.3 Å². The summed E-state index contributed by atoms with van der Waals surface area (Å²) in [6.45, 7) is 6.04. The monoisotopic (exact) mass is 306 g/mol. The molecule has 0 aromatic heterocycles. The predicted octanol–water partition coefficient (Wildman–Crippen LogP) is 5.86. The Kier molecular flexibility index (Phi) is 13.0. The molecule has 0 saturated heterocycles. The van der Waals surface area contributed by atoms with Crippen LogP contribution in [0.15, 0.2) is 0 Å². The molecule has 0 aromatic carbocycles. The molecule has 0 aliphatic heterocycles.